The molecule has 0 spiro atoms. The highest BCUT2D eigenvalue weighted by molar-refractivity contribution is 5.97. The Morgan fingerprint density at radius 3 is 2.79 bits per heavy atom. The predicted octanol–water partition coefficient (Wildman–Crippen LogP) is 4.09. The van der Waals surface area contributed by atoms with E-state index in [4.69, 9.17) is 0 Å². The minimum atomic E-state index is -0.0533. The Bertz CT molecular complexity index is 1100. The first-order chi connectivity index (χ1) is 13.7. The number of rotatable bonds is 6. The summed E-state index contributed by atoms with van der Waals surface area (Å²) in [6.45, 7) is 2.65. The summed E-state index contributed by atoms with van der Waals surface area (Å²) in [5, 5.41) is 8.57. The number of fused-ring (bicyclic) bond motifs is 1. The minimum Gasteiger partial charge on any atom is -0.352 e. The van der Waals surface area contributed by atoms with Gasteiger partial charge in [0.25, 0.3) is 5.91 Å². The van der Waals surface area contributed by atoms with Crippen molar-refractivity contribution >= 4 is 16.8 Å². The fraction of sp³-hybridized carbons (Fsp3) is 0.174. The van der Waals surface area contributed by atoms with E-state index in [-0.39, 0.29) is 5.91 Å². The van der Waals surface area contributed by atoms with Gasteiger partial charge in [-0.2, -0.15) is 5.10 Å². The van der Waals surface area contributed by atoms with Crippen LogP contribution in [0, 0.1) is 6.92 Å². The number of aryl methyl sites for hydroxylation is 2. The van der Waals surface area contributed by atoms with Crippen molar-refractivity contribution < 1.29 is 4.79 Å². The summed E-state index contributed by atoms with van der Waals surface area (Å²) in [6.07, 6.45) is 5.57. The SMILES string of the molecule is Cc1nn(-c2ccccc2)cc1CCCNC(=O)c1ccc2ncccc2c1. The van der Waals surface area contributed by atoms with Gasteiger partial charge in [-0.25, -0.2) is 4.68 Å². The van der Waals surface area contributed by atoms with Crippen LogP contribution >= 0.6 is 0 Å². The van der Waals surface area contributed by atoms with E-state index in [1.54, 1.807) is 6.20 Å². The Labute approximate surface area is 164 Å². The van der Waals surface area contributed by atoms with Gasteiger partial charge in [0.2, 0.25) is 0 Å². The van der Waals surface area contributed by atoms with Crippen LogP contribution in [0.1, 0.15) is 28.0 Å². The third-order valence-electron chi connectivity index (χ3n) is 4.79. The van der Waals surface area contributed by atoms with Gasteiger partial charge in [-0.05, 0) is 61.7 Å². The summed E-state index contributed by atoms with van der Waals surface area (Å²) >= 11 is 0. The van der Waals surface area contributed by atoms with E-state index in [1.165, 1.54) is 5.56 Å². The first-order valence-electron chi connectivity index (χ1n) is 9.44. The highest BCUT2D eigenvalue weighted by Gasteiger charge is 2.08. The molecule has 28 heavy (non-hydrogen) atoms. The topological polar surface area (TPSA) is 59.8 Å². The third-order valence-corrected chi connectivity index (χ3v) is 4.79. The molecule has 140 valence electrons. The molecule has 1 N–H and O–H groups in total. The zero-order valence-corrected chi connectivity index (χ0v) is 15.8. The second-order valence-corrected chi connectivity index (χ2v) is 6.79. The molecule has 0 aliphatic heterocycles. The number of pyridine rings is 1. The first-order valence-corrected chi connectivity index (χ1v) is 9.44. The van der Waals surface area contributed by atoms with Gasteiger partial charge in [-0.1, -0.05) is 24.3 Å². The van der Waals surface area contributed by atoms with Crippen LogP contribution in [0.15, 0.2) is 73.1 Å². The molecule has 0 bridgehead atoms. The minimum absolute atomic E-state index is 0.0533. The van der Waals surface area contributed by atoms with Crippen molar-refractivity contribution in [2.45, 2.75) is 19.8 Å². The summed E-state index contributed by atoms with van der Waals surface area (Å²) < 4.78 is 1.91. The molecule has 2 heterocycles. The molecule has 4 aromatic rings. The maximum atomic E-state index is 12.4. The van der Waals surface area contributed by atoms with Crippen LogP contribution in [0.5, 0.6) is 0 Å². The van der Waals surface area contributed by atoms with Crippen molar-refractivity contribution in [3.05, 3.63) is 89.9 Å². The molecular formula is C23H22N4O. The molecule has 0 saturated heterocycles. The average molecular weight is 370 g/mol. The van der Waals surface area contributed by atoms with Crippen molar-refractivity contribution in [3.8, 4) is 5.69 Å². The molecule has 0 saturated carbocycles. The highest BCUT2D eigenvalue weighted by atomic mass is 16.1. The van der Waals surface area contributed by atoms with Crippen molar-refractivity contribution in [2.24, 2.45) is 0 Å². The van der Waals surface area contributed by atoms with Gasteiger partial charge in [0.15, 0.2) is 0 Å². The van der Waals surface area contributed by atoms with Crippen molar-refractivity contribution in [1.29, 1.82) is 0 Å². The van der Waals surface area contributed by atoms with Crippen molar-refractivity contribution in [2.75, 3.05) is 6.54 Å². The monoisotopic (exact) mass is 370 g/mol. The third kappa shape index (κ3) is 3.93. The second-order valence-electron chi connectivity index (χ2n) is 6.79. The van der Waals surface area contributed by atoms with Gasteiger partial charge in [-0.15, -0.1) is 0 Å². The summed E-state index contributed by atoms with van der Waals surface area (Å²) in [6, 6.07) is 19.5. The Balaban J connectivity index is 1.33. The smallest absolute Gasteiger partial charge is 0.251 e. The summed E-state index contributed by atoms with van der Waals surface area (Å²) in [4.78, 5) is 16.7. The van der Waals surface area contributed by atoms with Crippen LogP contribution in [0.4, 0.5) is 0 Å². The summed E-state index contributed by atoms with van der Waals surface area (Å²) in [5.74, 6) is -0.0533. The Morgan fingerprint density at radius 1 is 1.07 bits per heavy atom. The highest BCUT2D eigenvalue weighted by Crippen LogP contribution is 2.14. The number of aromatic nitrogens is 3. The maximum Gasteiger partial charge on any atom is 0.251 e. The van der Waals surface area contributed by atoms with E-state index in [0.717, 1.165) is 35.1 Å². The lowest BCUT2D eigenvalue weighted by molar-refractivity contribution is 0.0953. The van der Waals surface area contributed by atoms with Crippen LogP contribution in [0.3, 0.4) is 0 Å². The molecule has 1 amide bonds. The molecule has 0 unspecified atom stereocenters. The molecule has 0 atom stereocenters. The van der Waals surface area contributed by atoms with E-state index in [1.807, 2.05) is 72.3 Å². The fourth-order valence-corrected chi connectivity index (χ4v) is 3.25. The molecule has 5 heteroatoms. The van der Waals surface area contributed by atoms with Gasteiger partial charge in [0.1, 0.15) is 0 Å². The standard InChI is InChI=1S/C23H22N4O/c1-17-20(16-27(26-17)21-9-3-2-4-10-21)8-6-14-25-23(28)19-11-12-22-18(15-19)7-5-13-24-22/h2-5,7,9-13,15-16H,6,8,14H2,1H3,(H,25,28). The number of para-hydroxylation sites is 1. The van der Waals surface area contributed by atoms with E-state index < -0.39 is 0 Å². The lowest BCUT2D eigenvalue weighted by atomic mass is 10.1. The van der Waals surface area contributed by atoms with Crippen LogP contribution in [0.2, 0.25) is 0 Å². The number of benzene rings is 2. The predicted molar refractivity (Wildman–Crippen MR) is 111 cm³/mol. The molecule has 0 radical (unpaired) electrons. The Kier molecular flexibility index (Phi) is 5.15. The molecule has 4 rings (SSSR count). The first kappa shape index (κ1) is 17.9. The lowest BCUT2D eigenvalue weighted by Gasteiger charge is -2.06. The molecular weight excluding hydrogens is 348 g/mol. The normalized spacial score (nSPS) is 10.9. The molecule has 5 nitrogen and oxygen atoms in total. The molecule has 0 fully saturated rings. The number of hydrogen-bond donors (Lipinski definition) is 1. The molecule has 0 aliphatic rings. The van der Waals surface area contributed by atoms with Crippen LogP contribution < -0.4 is 5.32 Å². The van der Waals surface area contributed by atoms with Crippen LogP contribution in [0.25, 0.3) is 16.6 Å². The maximum absolute atomic E-state index is 12.4. The molecule has 2 aromatic carbocycles. The zero-order chi connectivity index (χ0) is 19.3. The van der Waals surface area contributed by atoms with Gasteiger partial charge in [-0.3, -0.25) is 9.78 Å². The summed E-state index contributed by atoms with van der Waals surface area (Å²) in [7, 11) is 0. The van der Waals surface area contributed by atoms with Crippen molar-refractivity contribution in [3.63, 3.8) is 0 Å². The number of carbonyl (C=O) groups is 1. The molecule has 2 aromatic heterocycles. The van der Waals surface area contributed by atoms with E-state index in [2.05, 4.69) is 21.6 Å². The number of nitrogens with zero attached hydrogens (tertiary/aromatic N) is 3. The fourth-order valence-electron chi connectivity index (χ4n) is 3.25. The Hall–Kier alpha value is -3.47. The van der Waals surface area contributed by atoms with Gasteiger partial charge in [0, 0.05) is 29.9 Å². The van der Waals surface area contributed by atoms with Gasteiger partial charge in [0.05, 0.1) is 16.9 Å². The van der Waals surface area contributed by atoms with Crippen LogP contribution in [-0.4, -0.2) is 27.2 Å². The number of nitrogens with one attached hydrogen (secondary N) is 1. The van der Waals surface area contributed by atoms with Gasteiger partial charge < -0.3 is 5.32 Å². The quantitative estimate of drug-likeness (QED) is 0.520. The van der Waals surface area contributed by atoms with E-state index in [9.17, 15) is 4.79 Å². The zero-order valence-electron chi connectivity index (χ0n) is 15.8. The largest absolute Gasteiger partial charge is 0.352 e. The lowest BCUT2D eigenvalue weighted by Crippen LogP contribution is -2.24. The Morgan fingerprint density at radius 2 is 1.93 bits per heavy atom. The molecule has 0 aliphatic carbocycles. The number of carbonyl (C=O) groups excluding carboxylic acids is 1. The number of amides is 1. The van der Waals surface area contributed by atoms with E-state index in [0.29, 0.717) is 12.1 Å². The second kappa shape index (κ2) is 8.05. The van der Waals surface area contributed by atoms with Gasteiger partial charge >= 0.3 is 0 Å². The van der Waals surface area contributed by atoms with Crippen molar-refractivity contribution in [1.82, 2.24) is 20.1 Å². The van der Waals surface area contributed by atoms with Crippen LogP contribution in [-0.2, 0) is 6.42 Å². The number of hydrogen-bond acceptors (Lipinski definition) is 3. The average Bonchev–Trinajstić information content (AvgIpc) is 3.12. The summed E-state index contributed by atoms with van der Waals surface area (Å²) in [5.41, 5.74) is 4.83. The van der Waals surface area contributed by atoms with E-state index >= 15 is 0 Å².